The molecule has 1 spiro atoms. The Morgan fingerprint density at radius 1 is 1.16 bits per heavy atom. The van der Waals surface area contributed by atoms with Crippen molar-refractivity contribution in [2.45, 2.75) is 31.3 Å². The molecule has 2 heterocycles. The number of piperidine rings is 1. The number of benzene rings is 2. The van der Waals surface area contributed by atoms with Crippen molar-refractivity contribution in [1.82, 2.24) is 10.2 Å². The van der Waals surface area contributed by atoms with Crippen molar-refractivity contribution in [3.63, 3.8) is 0 Å². The number of hydrogen-bond donors (Lipinski definition) is 4. The van der Waals surface area contributed by atoms with Crippen molar-refractivity contribution in [2.75, 3.05) is 36.9 Å². The second-order valence-corrected chi connectivity index (χ2v) is 8.31. The molecule has 9 heteroatoms. The molecule has 0 unspecified atom stereocenters. The number of carbonyl (C=O) groups is 2. The number of likely N-dealkylation sites (tertiary alicyclic amines) is 1. The number of nitrogens with zero attached hydrogens (tertiary/aromatic N) is 1. The summed E-state index contributed by atoms with van der Waals surface area (Å²) < 4.78 is 27.3. The highest BCUT2D eigenvalue weighted by molar-refractivity contribution is 6.04. The summed E-state index contributed by atoms with van der Waals surface area (Å²) >= 11 is 0. The fourth-order valence-corrected chi connectivity index (χ4v) is 4.33. The largest absolute Gasteiger partial charge is 0.395 e. The molecule has 32 heavy (non-hydrogen) atoms. The van der Waals surface area contributed by atoms with Crippen LogP contribution in [-0.2, 0) is 6.54 Å². The van der Waals surface area contributed by atoms with Crippen LogP contribution in [0, 0.1) is 11.6 Å². The van der Waals surface area contributed by atoms with Gasteiger partial charge in [0.05, 0.1) is 12.3 Å². The lowest BCUT2D eigenvalue weighted by Crippen LogP contribution is -2.55. The molecule has 170 valence electrons. The lowest BCUT2D eigenvalue weighted by molar-refractivity contribution is 0.0915. The number of aliphatic hydroxyl groups excluding tert-OH is 1. The molecule has 4 rings (SSSR count). The summed E-state index contributed by atoms with van der Waals surface area (Å²) in [6, 6.07) is 8.49. The highest BCUT2D eigenvalue weighted by Gasteiger charge is 2.41. The Kier molecular flexibility index (Phi) is 6.27. The van der Waals surface area contributed by atoms with Gasteiger partial charge in [0.15, 0.2) is 5.78 Å². The number of Topliss-reactive ketones (excluding diaryl/α,β-unsaturated/α-hetero) is 1. The number of anilines is 2. The van der Waals surface area contributed by atoms with Crippen molar-refractivity contribution in [3.8, 4) is 0 Å². The van der Waals surface area contributed by atoms with E-state index >= 15 is 0 Å². The Labute approximate surface area is 184 Å². The molecule has 4 N–H and O–H groups in total. The maximum atomic E-state index is 13.8. The minimum atomic E-state index is -0.432. The first-order valence-corrected chi connectivity index (χ1v) is 10.7. The zero-order valence-electron chi connectivity index (χ0n) is 17.6. The lowest BCUT2D eigenvalue weighted by Gasteiger charge is -2.45. The van der Waals surface area contributed by atoms with Crippen LogP contribution in [0.3, 0.4) is 0 Å². The van der Waals surface area contributed by atoms with Gasteiger partial charge in [0.25, 0.3) is 0 Å². The predicted octanol–water partition coefficient (Wildman–Crippen LogP) is 3.11. The lowest BCUT2D eigenvalue weighted by atomic mass is 9.78. The number of fused-ring (bicyclic) bond motifs is 1. The van der Waals surface area contributed by atoms with Crippen molar-refractivity contribution in [3.05, 3.63) is 59.2 Å². The molecule has 0 bridgehead atoms. The first-order valence-electron chi connectivity index (χ1n) is 10.7. The molecule has 1 saturated heterocycles. The summed E-state index contributed by atoms with van der Waals surface area (Å²) in [5, 5.41) is 17.9. The number of rotatable bonds is 5. The summed E-state index contributed by atoms with van der Waals surface area (Å²) in [6.07, 6.45) is 1.49. The predicted molar refractivity (Wildman–Crippen MR) is 117 cm³/mol. The van der Waals surface area contributed by atoms with Crippen LogP contribution in [0.25, 0.3) is 0 Å². The number of hydrogen-bond acceptors (Lipinski definition) is 5. The van der Waals surface area contributed by atoms with E-state index in [4.69, 9.17) is 5.11 Å². The molecule has 2 amide bonds. The van der Waals surface area contributed by atoms with E-state index in [0.29, 0.717) is 37.2 Å². The van der Waals surface area contributed by atoms with E-state index in [1.807, 2.05) is 0 Å². The Bertz CT molecular complexity index is 1020. The van der Waals surface area contributed by atoms with Gasteiger partial charge in [-0.1, -0.05) is 6.07 Å². The highest BCUT2D eigenvalue weighted by Crippen LogP contribution is 2.37. The number of halogens is 2. The highest BCUT2D eigenvalue weighted by atomic mass is 19.1. The fourth-order valence-electron chi connectivity index (χ4n) is 4.33. The maximum absolute atomic E-state index is 13.8. The molecule has 0 aromatic heterocycles. The third-order valence-corrected chi connectivity index (χ3v) is 6.09. The summed E-state index contributed by atoms with van der Waals surface area (Å²) in [4.78, 5) is 26.9. The van der Waals surface area contributed by atoms with Gasteiger partial charge in [-0.05, 0) is 48.7 Å². The molecule has 2 aromatic rings. The molecule has 7 nitrogen and oxygen atoms in total. The number of amides is 2. The van der Waals surface area contributed by atoms with Crippen molar-refractivity contribution >= 4 is 23.2 Å². The van der Waals surface area contributed by atoms with Gasteiger partial charge in [-0.3, -0.25) is 4.79 Å². The van der Waals surface area contributed by atoms with E-state index in [-0.39, 0.29) is 43.6 Å². The summed E-state index contributed by atoms with van der Waals surface area (Å²) in [5.41, 5.74) is 1.60. The van der Waals surface area contributed by atoms with Crippen molar-refractivity contribution in [2.24, 2.45) is 0 Å². The van der Waals surface area contributed by atoms with E-state index in [1.165, 1.54) is 18.2 Å². The van der Waals surface area contributed by atoms with E-state index in [9.17, 15) is 18.4 Å². The monoisotopic (exact) mass is 444 g/mol. The van der Waals surface area contributed by atoms with Crippen LogP contribution < -0.4 is 16.0 Å². The number of urea groups is 1. The molecule has 2 aliphatic rings. The van der Waals surface area contributed by atoms with E-state index in [0.717, 1.165) is 5.56 Å². The molecule has 0 saturated carbocycles. The van der Waals surface area contributed by atoms with E-state index in [2.05, 4.69) is 16.0 Å². The molecule has 2 aromatic carbocycles. The fraction of sp³-hybridized carbons (Fsp3) is 0.391. The minimum absolute atomic E-state index is 0.0851. The molecule has 2 aliphatic heterocycles. The van der Waals surface area contributed by atoms with Crippen LogP contribution in [0.2, 0.25) is 0 Å². The molecular formula is C23H26F2N4O3. The van der Waals surface area contributed by atoms with Crippen LogP contribution in [0.5, 0.6) is 0 Å². The second-order valence-electron chi connectivity index (χ2n) is 8.31. The Morgan fingerprint density at radius 3 is 2.69 bits per heavy atom. The third-order valence-electron chi connectivity index (χ3n) is 6.09. The molecule has 1 fully saturated rings. The van der Waals surface area contributed by atoms with Gasteiger partial charge in [-0.25, -0.2) is 13.6 Å². The number of carbonyl (C=O) groups excluding carboxylic acids is 2. The Hall–Kier alpha value is -3.20. The van der Waals surface area contributed by atoms with Gasteiger partial charge in [-0.15, -0.1) is 0 Å². The normalized spacial score (nSPS) is 17.0. The van der Waals surface area contributed by atoms with Crippen LogP contribution in [0.15, 0.2) is 36.4 Å². The zero-order valence-corrected chi connectivity index (χ0v) is 17.6. The number of aliphatic hydroxyl groups is 1. The standard InChI is InChI=1S/C23H26F2N4O3/c24-16-2-4-19-17(12-16)21(31)13-23(28-19)5-8-29(9-6-23)22(32)27-14-15-1-3-18(25)20(11-15)26-7-10-30/h1-4,11-12,26,28,30H,5-10,13-14H2,(H,27,32). The smallest absolute Gasteiger partial charge is 0.317 e. The van der Waals surface area contributed by atoms with Crippen molar-refractivity contribution < 1.29 is 23.5 Å². The third kappa shape index (κ3) is 4.67. The van der Waals surface area contributed by atoms with Gasteiger partial charge >= 0.3 is 6.03 Å². The van der Waals surface area contributed by atoms with Crippen LogP contribution >= 0.6 is 0 Å². The van der Waals surface area contributed by atoms with Crippen LogP contribution in [-0.4, -0.2) is 53.6 Å². The van der Waals surface area contributed by atoms with Gasteiger partial charge < -0.3 is 26.0 Å². The van der Waals surface area contributed by atoms with Gasteiger partial charge in [0.1, 0.15) is 11.6 Å². The zero-order chi connectivity index (χ0) is 22.7. The first kappa shape index (κ1) is 22.0. The Balaban J connectivity index is 1.32. The Morgan fingerprint density at radius 2 is 1.94 bits per heavy atom. The van der Waals surface area contributed by atoms with Gasteiger partial charge in [-0.2, -0.15) is 0 Å². The minimum Gasteiger partial charge on any atom is -0.395 e. The maximum Gasteiger partial charge on any atom is 0.317 e. The quantitative estimate of drug-likeness (QED) is 0.569. The average molecular weight is 444 g/mol. The summed E-state index contributed by atoms with van der Waals surface area (Å²) in [7, 11) is 0. The number of nitrogens with one attached hydrogen (secondary N) is 3. The molecule has 0 aliphatic carbocycles. The SMILES string of the molecule is O=C1CC2(CCN(C(=O)NCc3ccc(F)c(NCCO)c3)CC2)Nc2ccc(F)cc21. The van der Waals surface area contributed by atoms with Gasteiger partial charge in [0.2, 0.25) is 0 Å². The van der Waals surface area contributed by atoms with Crippen molar-refractivity contribution in [1.29, 1.82) is 0 Å². The van der Waals surface area contributed by atoms with Gasteiger partial charge in [0, 0.05) is 49.4 Å². The van der Waals surface area contributed by atoms with Crippen LogP contribution in [0.1, 0.15) is 35.2 Å². The molecule has 0 atom stereocenters. The summed E-state index contributed by atoms with van der Waals surface area (Å²) in [5.74, 6) is -0.939. The number of ketones is 1. The molecular weight excluding hydrogens is 418 g/mol. The average Bonchev–Trinajstić information content (AvgIpc) is 2.78. The summed E-state index contributed by atoms with van der Waals surface area (Å²) in [6.45, 7) is 1.33. The second kappa shape index (κ2) is 9.12. The molecule has 0 radical (unpaired) electrons. The van der Waals surface area contributed by atoms with E-state index in [1.54, 1.807) is 23.1 Å². The van der Waals surface area contributed by atoms with Crippen LogP contribution in [0.4, 0.5) is 25.0 Å². The topological polar surface area (TPSA) is 93.7 Å². The first-order chi connectivity index (χ1) is 15.4. The van der Waals surface area contributed by atoms with E-state index < -0.39 is 17.2 Å².